The molecule has 21 heavy (non-hydrogen) atoms. The van der Waals surface area contributed by atoms with Gasteiger partial charge in [-0.1, -0.05) is 6.07 Å². The van der Waals surface area contributed by atoms with Crippen molar-refractivity contribution in [2.24, 2.45) is 0 Å². The first-order valence-electron chi connectivity index (χ1n) is 6.49. The van der Waals surface area contributed by atoms with Crippen LogP contribution in [0.1, 0.15) is 29.3 Å². The Hall–Kier alpha value is -1.37. The van der Waals surface area contributed by atoms with Gasteiger partial charge in [0.05, 0.1) is 16.8 Å². The van der Waals surface area contributed by atoms with Crippen LogP contribution >= 0.6 is 11.8 Å². The monoisotopic (exact) mass is 320 g/mol. The SMILES string of the molecule is CNc1c(C(=O)NC(C)CCSC)cccc1C(F)(F)F. The van der Waals surface area contributed by atoms with Crippen molar-refractivity contribution in [3.8, 4) is 0 Å². The lowest BCUT2D eigenvalue weighted by Crippen LogP contribution is -2.33. The Morgan fingerprint density at radius 2 is 2.05 bits per heavy atom. The quantitative estimate of drug-likeness (QED) is 0.841. The number of hydrogen-bond donors (Lipinski definition) is 2. The predicted molar refractivity (Wildman–Crippen MR) is 80.9 cm³/mol. The van der Waals surface area contributed by atoms with E-state index in [2.05, 4.69) is 10.6 Å². The minimum atomic E-state index is -4.50. The van der Waals surface area contributed by atoms with Crippen molar-refractivity contribution in [2.75, 3.05) is 24.4 Å². The number of benzene rings is 1. The van der Waals surface area contributed by atoms with E-state index < -0.39 is 17.6 Å². The van der Waals surface area contributed by atoms with E-state index in [4.69, 9.17) is 0 Å². The molecule has 1 rings (SSSR count). The third kappa shape index (κ3) is 4.84. The topological polar surface area (TPSA) is 41.1 Å². The third-order valence-corrected chi connectivity index (χ3v) is 3.64. The Labute approximate surface area is 126 Å². The average molecular weight is 320 g/mol. The molecular weight excluding hydrogens is 301 g/mol. The fourth-order valence-electron chi connectivity index (χ4n) is 1.92. The molecule has 0 aliphatic heterocycles. The number of carbonyl (C=O) groups excluding carboxylic acids is 1. The Morgan fingerprint density at radius 3 is 2.57 bits per heavy atom. The molecule has 1 amide bonds. The largest absolute Gasteiger partial charge is 0.418 e. The molecule has 0 saturated heterocycles. The smallest absolute Gasteiger partial charge is 0.387 e. The van der Waals surface area contributed by atoms with E-state index in [1.807, 2.05) is 13.2 Å². The predicted octanol–water partition coefficient (Wildman–Crippen LogP) is 3.62. The van der Waals surface area contributed by atoms with E-state index in [1.54, 1.807) is 11.8 Å². The van der Waals surface area contributed by atoms with Crippen LogP contribution in [0.5, 0.6) is 0 Å². The van der Waals surface area contributed by atoms with Gasteiger partial charge in [0.15, 0.2) is 0 Å². The number of hydrogen-bond acceptors (Lipinski definition) is 3. The molecule has 1 unspecified atom stereocenters. The van der Waals surface area contributed by atoms with Crippen LogP contribution in [0.25, 0.3) is 0 Å². The normalized spacial score (nSPS) is 12.9. The molecule has 0 heterocycles. The average Bonchev–Trinajstić information content (AvgIpc) is 2.43. The summed E-state index contributed by atoms with van der Waals surface area (Å²) in [4.78, 5) is 12.2. The van der Waals surface area contributed by atoms with Crippen LogP contribution in [-0.4, -0.2) is 31.0 Å². The molecule has 0 aliphatic carbocycles. The Balaban J connectivity index is 2.99. The summed E-state index contributed by atoms with van der Waals surface area (Å²) >= 11 is 1.65. The standard InChI is InChI=1S/C14H19F3N2OS/c1-9(7-8-21-3)19-13(20)10-5-4-6-11(12(10)18-2)14(15,16)17/h4-6,9,18H,7-8H2,1-3H3,(H,19,20). The molecule has 0 saturated carbocycles. The zero-order valence-electron chi connectivity index (χ0n) is 12.2. The summed E-state index contributed by atoms with van der Waals surface area (Å²) in [5, 5.41) is 5.21. The fraction of sp³-hybridized carbons (Fsp3) is 0.500. The molecule has 3 nitrogen and oxygen atoms in total. The van der Waals surface area contributed by atoms with Crippen LogP contribution in [-0.2, 0) is 6.18 Å². The first-order chi connectivity index (χ1) is 9.81. The molecule has 2 N–H and O–H groups in total. The Morgan fingerprint density at radius 1 is 1.38 bits per heavy atom. The highest BCUT2D eigenvalue weighted by atomic mass is 32.2. The van der Waals surface area contributed by atoms with Crippen molar-refractivity contribution in [3.63, 3.8) is 0 Å². The van der Waals surface area contributed by atoms with E-state index in [1.165, 1.54) is 19.2 Å². The van der Waals surface area contributed by atoms with E-state index in [0.29, 0.717) is 0 Å². The number of para-hydroxylation sites is 1. The van der Waals surface area contributed by atoms with Crippen LogP contribution in [0.3, 0.4) is 0 Å². The van der Waals surface area contributed by atoms with Crippen LogP contribution in [0.4, 0.5) is 18.9 Å². The molecule has 1 atom stereocenters. The molecule has 0 aromatic heterocycles. The fourth-order valence-corrected chi connectivity index (χ4v) is 2.50. The van der Waals surface area contributed by atoms with Gasteiger partial charge in [-0.3, -0.25) is 4.79 Å². The highest BCUT2D eigenvalue weighted by Gasteiger charge is 2.35. The minimum absolute atomic E-state index is 0.00308. The molecule has 0 fully saturated rings. The minimum Gasteiger partial charge on any atom is -0.387 e. The van der Waals surface area contributed by atoms with Crippen molar-refractivity contribution in [3.05, 3.63) is 29.3 Å². The number of nitrogens with one attached hydrogen (secondary N) is 2. The number of thioether (sulfide) groups is 1. The molecule has 118 valence electrons. The molecule has 1 aromatic carbocycles. The molecular formula is C14H19F3N2OS. The lowest BCUT2D eigenvalue weighted by atomic mass is 10.1. The van der Waals surface area contributed by atoms with Crippen molar-refractivity contribution in [1.82, 2.24) is 5.32 Å². The first-order valence-corrected chi connectivity index (χ1v) is 7.88. The van der Waals surface area contributed by atoms with Crippen molar-refractivity contribution < 1.29 is 18.0 Å². The second kappa shape index (κ2) is 7.59. The van der Waals surface area contributed by atoms with Crippen LogP contribution in [0.2, 0.25) is 0 Å². The van der Waals surface area contributed by atoms with E-state index in [9.17, 15) is 18.0 Å². The van der Waals surface area contributed by atoms with Gasteiger partial charge in [0.25, 0.3) is 5.91 Å². The van der Waals surface area contributed by atoms with Crippen molar-refractivity contribution in [2.45, 2.75) is 25.6 Å². The first kappa shape index (κ1) is 17.7. The molecule has 7 heteroatoms. The van der Waals surface area contributed by atoms with Gasteiger partial charge in [0.1, 0.15) is 0 Å². The summed E-state index contributed by atoms with van der Waals surface area (Å²) in [6.07, 6.45) is -1.78. The third-order valence-electron chi connectivity index (χ3n) is 3.00. The lowest BCUT2D eigenvalue weighted by molar-refractivity contribution is -0.136. The summed E-state index contributed by atoms with van der Waals surface area (Å²) in [5.41, 5.74) is -1.03. The van der Waals surface area contributed by atoms with Gasteiger partial charge < -0.3 is 10.6 Å². The van der Waals surface area contributed by atoms with Gasteiger partial charge in [-0.25, -0.2) is 0 Å². The van der Waals surface area contributed by atoms with Gasteiger partial charge in [0, 0.05) is 13.1 Å². The van der Waals surface area contributed by atoms with Gasteiger partial charge in [-0.05, 0) is 37.5 Å². The second-order valence-corrected chi connectivity index (χ2v) is 5.62. The Bertz CT molecular complexity index is 492. The second-order valence-electron chi connectivity index (χ2n) is 4.63. The summed E-state index contributed by atoms with van der Waals surface area (Å²) < 4.78 is 38.8. The highest BCUT2D eigenvalue weighted by molar-refractivity contribution is 7.98. The van der Waals surface area contributed by atoms with Crippen LogP contribution in [0, 0.1) is 0 Å². The van der Waals surface area contributed by atoms with Crippen LogP contribution in [0.15, 0.2) is 18.2 Å². The zero-order valence-corrected chi connectivity index (χ0v) is 13.0. The number of amides is 1. The summed E-state index contributed by atoms with van der Waals surface area (Å²) in [6, 6.07) is 3.49. The van der Waals surface area contributed by atoms with Gasteiger partial charge >= 0.3 is 6.18 Å². The van der Waals surface area contributed by atoms with E-state index >= 15 is 0 Å². The molecule has 0 aliphatic rings. The number of halogens is 3. The summed E-state index contributed by atoms with van der Waals surface area (Å²) in [5.74, 6) is 0.377. The van der Waals surface area contributed by atoms with Gasteiger partial charge in [-0.15, -0.1) is 0 Å². The molecule has 0 radical (unpaired) electrons. The number of anilines is 1. The van der Waals surface area contributed by atoms with Crippen molar-refractivity contribution in [1.29, 1.82) is 0 Å². The van der Waals surface area contributed by atoms with Gasteiger partial charge in [-0.2, -0.15) is 24.9 Å². The molecule has 0 bridgehead atoms. The molecule has 1 aromatic rings. The maximum atomic E-state index is 12.9. The maximum absolute atomic E-state index is 12.9. The zero-order chi connectivity index (χ0) is 16.0. The van der Waals surface area contributed by atoms with Crippen molar-refractivity contribution >= 4 is 23.4 Å². The number of rotatable bonds is 6. The Kier molecular flexibility index (Phi) is 6.39. The highest BCUT2D eigenvalue weighted by Crippen LogP contribution is 2.36. The van der Waals surface area contributed by atoms with E-state index in [-0.39, 0.29) is 17.3 Å². The summed E-state index contributed by atoms with van der Waals surface area (Å²) in [6.45, 7) is 1.83. The number of carbonyl (C=O) groups is 1. The van der Waals surface area contributed by atoms with Gasteiger partial charge in [0.2, 0.25) is 0 Å². The van der Waals surface area contributed by atoms with E-state index in [0.717, 1.165) is 18.2 Å². The maximum Gasteiger partial charge on any atom is 0.418 e. The molecule has 0 spiro atoms. The summed E-state index contributed by atoms with van der Waals surface area (Å²) in [7, 11) is 1.37. The lowest BCUT2D eigenvalue weighted by Gasteiger charge is -2.18. The van der Waals surface area contributed by atoms with Crippen LogP contribution < -0.4 is 10.6 Å². The number of alkyl halides is 3.